The van der Waals surface area contributed by atoms with Crippen molar-refractivity contribution in [2.75, 3.05) is 20.8 Å². The minimum absolute atomic E-state index is 0.287. The predicted molar refractivity (Wildman–Crippen MR) is 76.4 cm³/mol. The molecule has 0 amide bonds. The fourth-order valence-electron chi connectivity index (χ4n) is 3.02. The van der Waals surface area contributed by atoms with E-state index in [-0.39, 0.29) is 11.2 Å². The predicted octanol–water partition coefficient (Wildman–Crippen LogP) is 3.38. The molecule has 106 valence electrons. The Kier molecular flexibility index (Phi) is 4.36. The second-order valence-corrected chi connectivity index (χ2v) is 5.83. The number of benzene rings is 1. The van der Waals surface area contributed by atoms with Crippen molar-refractivity contribution in [1.29, 1.82) is 0 Å². The molecular weight excluding hydrogens is 313 g/mol. The van der Waals surface area contributed by atoms with Gasteiger partial charge in [-0.25, -0.2) is 4.39 Å². The van der Waals surface area contributed by atoms with Crippen molar-refractivity contribution in [1.82, 2.24) is 0 Å². The molecule has 0 saturated heterocycles. The summed E-state index contributed by atoms with van der Waals surface area (Å²) in [5.41, 5.74) is 6.17. The topological polar surface area (TPSA) is 44.5 Å². The van der Waals surface area contributed by atoms with Crippen LogP contribution < -0.4 is 15.2 Å². The number of methoxy groups -OCH3 is 2. The molecule has 0 spiro atoms. The van der Waals surface area contributed by atoms with Gasteiger partial charge in [0.25, 0.3) is 0 Å². The Labute approximate surface area is 121 Å². The van der Waals surface area contributed by atoms with E-state index >= 15 is 0 Å². The summed E-state index contributed by atoms with van der Waals surface area (Å²) in [4.78, 5) is 0. The summed E-state index contributed by atoms with van der Waals surface area (Å²) in [7, 11) is 3.09. The molecule has 0 atom stereocenters. The van der Waals surface area contributed by atoms with Crippen LogP contribution in [0.4, 0.5) is 4.39 Å². The van der Waals surface area contributed by atoms with Crippen molar-refractivity contribution in [2.45, 2.75) is 31.1 Å². The SMILES string of the molecule is COc1cc(Br)c(F)c(C2(CN)CCCC2)c1OC. The zero-order valence-corrected chi connectivity index (χ0v) is 12.8. The fourth-order valence-corrected chi connectivity index (χ4v) is 3.43. The van der Waals surface area contributed by atoms with Gasteiger partial charge >= 0.3 is 0 Å². The molecule has 1 saturated carbocycles. The zero-order valence-electron chi connectivity index (χ0n) is 11.3. The van der Waals surface area contributed by atoms with E-state index in [2.05, 4.69) is 15.9 Å². The van der Waals surface area contributed by atoms with Gasteiger partial charge in [0, 0.05) is 23.6 Å². The summed E-state index contributed by atoms with van der Waals surface area (Å²) >= 11 is 3.25. The van der Waals surface area contributed by atoms with Gasteiger partial charge in [0.05, 0.1) is 18.7 Å². The number of ether oxygens (including phenoxy) is 2. The third kappa shape index (κ3) is 2.34. The van der Waals surface area contributed by atoms with Gasteiger partial charge < -0.3 is 15.2 Å². The molecular formula is C14H19BrFNO2. The first-order valence-corrected chi connectivity index (χ1v) is 7.19. The Morgan fingerprint density at radius 2 is 1.95 bits per heavy atom. The van der Waals surface area contributed by atoms with Gasteiger partial charge in [0.2, 0.25) is 0 Å². The second kappa shape index (κ2) is 5.67. The van der Waals surface area contributed by atoms with Crippen molar-refractivity contribution in [3.8, 4) is 11.5 Å². The Bertz CT molecular complexity index is 473. The van der Waals surface area contributed by atoms with E-state index in [1.165, 1.54) is 7.11 Å². The summed E-state index contributed by atoms with van der Waals surface area (Å²) < 4.78 is 25.7. The fraction of sp³-hybridized carbons (Fsp3) is 0.571. The maximum absolute atomic E-state index is 14.6. The van der Waals surface area contributed by atoms with Crippen LogP contribution >= 0.6 is 15.9 Å². The van der Waals surface area contributed by atoms with Gasteiger partial charge in [-0.15, -0.1) is 0 Å². The van der Waals surface area contributed by atoms with E-state index in [0.717, 1.165) is 25.7 Å². The lowest BCUT2D eigenvalue weighted by atomic mass is 9.78. The number of rotatable bonds is 4. The molecule has 19 heavy (non-hydrogen) atoms. The largest absolute Gasteiger partial charge is 0.493 e. The zero-order chi connectivity index (χ0) is 14.0. The van der Waals surface area contributed by atoms with Crippen LogP contribution in [0.3, 0.4) is 0 Å². The molecule has 1 aromatic rings. The van der Waals surface area contributed by atoms with Crippen molar-refractivity contribution >= 4 is 15.9 Å². The Balaban J connectivity index is 2.69. The van der Waals surface area contributed by atoms with Gasteiger partial charge in [-0.1, -0.05) is 12.8 Å². The lowest BCUT2D eigenvalue weighted by Crippen LogP contribution is -2.33. The lowest BCUT2D eigenvalue weighted by Gasteiger charge is -2.31. The molecule has 5 heteroatoms. The molecule has 2 rings (SSSR count). The van der Waals surface area contributed by atoms with Gasteiger partial charge in [-0.05, 0) is 28.8 Å². The van der Waals surface area contributed by atoms with E-state index in [0.29, 0.717) is 28.1 Å². The lowest BCUT2D eigenvalue weighted by molar-refractivity contribution is 0.327. The van der Waals surface area contributed by atoms with Crippen LogP contribution in [-0.4, -0.2) is 20.8 Å². The number of hydrogen-bond donors (Lipinski definition) is 1. The van der Waals surface area contributed by atoms with Crippen molar-refractivity contribution in [3.63, 3.8) is 0 Å². The average Bonchev–Trinajstić information content (AvgIpc) is 2.90. The van der Waals surface area contributed by atoms with Crippen molar-refractivity contribution in [3.05, 3.63) is 21.9 Å². The summed E-state index contributed by atoms with van der Waals surface area (Å²) in [6.07, 6.45) is 3.90. The van der Waals surface area contributed by atoms with E-state index in [4.69, 9.17) is 15.2 Å². The minimum atomic E-state index is -0.341. The van der Waals surface area contributed by atoms with E-state index in [1.54, 1.807) is 13.2 Å². The highest BCUT2D eigenvalue weighted by molar-refractivity contribution is 9.10. The molecule has 0 heterocycles. The maximum atomic E-state index is 14.6. The smallest absolute Gasteiger partial charge is 0.167 e. The van der Waals surface area contributed by atoms with Gasteiger partial charge in [-0.2, -0.15) is 0 Å². The van der Waals surface area contributed by atoms with Crippen LogP contribution in [0, 0.1) is 5.82 Å². The second-order valence-electron chi connectivity index (χ2n) is 4.97. The molecule has 0 unspecified atom stereocenters. The van der Waals surface area contributed by atoms with E-state index < -0.39 is 0 Å². The molecule has 1 aliphatic rings. The molecule has 0 aromatic heterocycles. The number of nitrogens with two attached hydrogens (primary N) is 1. The molecule has 0 radical (unpaired) electrons. The van der Waals surface area contributed by atoms with Crippen LogP contribution in [-0.2, 0) is 5.41 Å². The first kappa shape index (κ1) is 14.6. The minimum Gasteiger partial charge on any atom is -0.493 e. The number of hydrogen-bond acceptors (Lipinski definition) is 3. The summed E-state index contributed by atoms with van der Waals surface area (Å²) in [6, 6.07) is 1.59. The monoisotopic (exact) mass is 331 g/mol. The summed E-state index contributed by atoms with van der Waals surface area (Å²) in [5.74, 6) is 0.714. The normalized spacial score (nSPS) is 17.5. The quantitative estimate of drug-likeness (QED) is 0.919. The van der Waals surface area contributed by atoms with E-state index in [1.807, 2.05) is 0 Å². The third-order valence-electron chi connectivity index (χ3n) is 4.04. The maximum Gasteiger partial charge on any atom is 0.167 e. The first-order chi connectivity index (χ1) is 9.09. The third-order valence-corrected chi connectivity index (χ3v) is 4.62. The van der Waals surface area contributed by atoms with Crippen LogP contribution in [0.2, 0.25) is 0 Å². The Morgan fingerprint density at radius 3 is 2.42 bits per heavy atom. The molecule has 2 N–H and O–H groups in total. The van der Waals surface area contributed by atoms with Crippen molar-refractivity contribution in [2.24, 2.45) is 5.73 Å². The summed E-state index contributed by atoms with van der Waals surface area (Å²) in [6.45, 7) is 0.417. The Morgan fingerprint density at radius 1 is 1.32 bits per heavy atom. The van der Waals surface area contributed by atoms with Crippen molar-refractivity contribution < 1.29 is 13.9 Å². The van der Waals surface area contributed by atoms with Crippen LogP contribution in [0.5, 0.6) is 11.5 Å². The molecule has 0 aliphatic heterocycles. The summed E-state index contributed by atoms with van der Waals surface area (Å²) in [5, 5.41) is 0. The molecule has 0 bridgehead atoms. The number of halogens is 2. The highest BCUT2D eigenvalue weighted by Crippen LogP contribution is 2.49. The standard InChI is InChI=1S/C14H19BrFNO2/c1-18-10-7-9(15)12(16)11(13(10)19-2)14(8-17)5-3-4-6-14/h7H,3-6,8,17H2,1-2H3. The first-order valence-electron chi connectivity index (χ1n) is 6.40. The molecule has 1 aliphatic carbocycles. The van der Waals surface area contributed by atoms with Crippen LogP contribution in [0.15, 0.2) is 10.5 Å². The molecule has 3 nitrogen and oxygen atoms in total. The van der Waals surface area contributed by atoms with Gasteiger partial charge in [-0.3, -0.25) is 0 Å². The van der Waals surface area contributed by atoms with Crippen LogP contribution in [0.25, 0.3) is 0 Å². The van der Waals surface area contributed by atoms with Crippen LogP contribution in [0.1, 0.15) is 31.2 Å². The molecule has 1 fully saturated rings. The van der Waals surface area contributed by atoms with E-state index in [9.17, 15) is 4.39 Å². The Hall–Kier alpha value is -0.810. The van der Waals surface area contributed by atoms with Gasteiger partial charge in [0.1, 0.15) is 5.82 Å². The molecule has 1 aromatic carbocycles. The van der Waals surface area contributed by atoms with Gasteiger partial charge in [0.15, 0.2) is 11.5 Å². The highest BCUT2D eigenvalue weighted by atomic mass is 79.9. The average molecular weight is 332 g/mol. The highest BCUT2D eigenvalue weighted by Gasteiger charge is 2.40.